The maximum Gasteiger partial charge on any atom is 0.240 e. The molecule has 5 rings (SSSR count). The molecular weight excluding hydrogens is 284 g/mol. The molecule has 4 fully saturated rings. The highest BCUT2D eigenvalue weighted by Gasteiger charge is 2.70. The van der Waals surface area contributed by atoms with Crippen LogP contribution in [-0.2, 0) is 4.79 Å². The van der Waals surface area contributed by atoms with E-state index < -0.39 is 0 Å². The number of carbonyl (C=O) groups excluding carboxylic acids is 1. The minimum absolute atomic E-state index is 0.0314. The lowest BCUT2D eigenvalue weighted by Crippen LogP contribution is -3.41. The molecular formula is C20H30N2O+2. The largest absolute Gasteiger partial charge is 0.297 e. The van der Waals surface area contributed by atoms with Crippen molar-refractivity contribution in [2.24, 2.45) is 10.8 Å². The van der Waals surface area contributed by atoms with Gasteiger partial charge < -0.3 is 0 Å². The fraction of sp³-hybridized carbons (Fsp3) is 0.650. The highest BCUT2D eigenvalue weighted by molar-refractivity contribution is 5.92. The van der Waals surface area contributed by atoms with Gasteiger partial charge in [0.2, 0.25) is 6.17 Å². The number of piperidine rings is 2. The van der Waals surface area contributed by atoms with E-state index in [4.69, 9.17) is 0 Å². The van der Waals surface area contributed by atoms with Gasteiger partial charge in [0.05, 0.1) is 5.56 Å². The molecule has 1 aromatic carbocycles. The molecule has 4 heterocycles. The van der Waals surface area contributed by atoms with E-state index in [1.54, 1.807) is 9.80 Å². The minimum Gasteiger partial charge on any atom is -0.297 e. The van der Waals surface area contributed by atoms with Gasteiger partial charge in [0.25, 0.3) is 0 Å². The van der Waals surface area contributed by atoms with Crippen LogP contribution in [0.25, 0.3) is 0 Å². The normalized spacial score (nSPS) is 41.5. The number of carbonyl (C=O) groups is 1. The number of rotatable bonds is 5. The molecule has 1 aromatic rings. The summed E-state index contributed by atoms with van der Waals surface area (Å²) < 4.78 is 0. The molecule has 4 aliphatic rings. The van der Waals surface area contributed by atoms with Gasteiger partial charge in [-0.3, -0.25) is 14.6 Å². The monoisotopic (exact) mass is 314 g/mol. The molecule has 2 N–H and O–H groups in total. The van der Waals surface area contributed by atoms with Crippen molar-refractivity contribution in [1.29, 1.82) is 0 Å². The zero-order valence-corrected chi connectivity index (χ0v) is 14.5. The minimum atomic E-state index is -0.0314. The van der Waals surface area contributed by atoms with Gasteiger partial charge in [-0.15, -0.1) is 0 Å². The standard InChI is InChI=1S/C20H28N2O/c1-3-10-19-12-21-14-20(11-4-2,18(19)23)15-22(13-19)17(21)16-8-6-5-7-9-16/h5-9,17H,3-4,10-15H2,1-2H3/p+2. The third kappa shape index (κ3) is 2.13. The van der Waals surface area contributed by atoms with Crippen LogP contribution in [0.1, 0.15) is 51.3 Å². The average molecular weight is 314 g/mol. The predicted octanol–water partition coefficient (Wildman–Crippen LogP) is 0.638. The van der Waals surface area contributed by atoms with Crippen molar-refractivity contribution in [3.8, 4) is 0 Å². The number of ketones is 1. The van der Waals surface area contributed by atoms with Crippen LogP contribution in [0.2, 0.25) is 0 Å². The first-order valence-electron chi connectivity index (χ1n) is 9.43. The van der Waals surface area contributed by atoms with Gasteiger partial charge in [0.1, 0.15) is 37.0 Å². The summed E-state index contributed by atoms with van der Waals surface area (Å²) in [6.45, 7) is 8.73. The molecule has 23 heavy (non-hydrogen) atoms. The Hall–Kier alpha value is -1.19. The van der Waals surface area contributed by atoms with Gasteiger partial charge in [-0.25, -0.2) is 0 Å². The van der Waals surface area contributed by atoms with E-state index in [0.717, 1.165) is 51.9 Å². The van der Waals surface area contributed by atoms with Crippen molar-refractivity contribution in [3.63, 3.8) is 0 Å². The summed E-state index contributed by atoms with van der Waals surface area (Å²) in [7, 11) is 0. The highest BCUT2D eigenvalue weighted by Crippen LogP contribution is 2.42. The summed E-state index contributed by atoms with van der Waals surface area (Å²) in [6, 6.07) is 11.0. The summed E-state index contributed by atoms with van der Waals surface area (Å²) in [5.74, 6) is 0.632. The number of quaternary nitrogens is 2. The molecule has 4 aliphatic heterocycles. The third-order valence-electron chi connectivity index (χ3n) is 6.63. The molecule has 3 nitrogen and oxygen atoms in total. The summed E-state index contributed by atoms with van der Waals surface area (Å²) in [5, 5.41) is 0. The Kier molecular flexibility index (Phi) is 3.62. The van der Waals surface area contributed by atoms with Gasteiger partial charge in [-0.2, -0.15) is 0 Å². The second-order valence-electron chi connectivity index (χ2n) is 8.26. The van der Waals surface area contributed by atoms with Gasteiger partial charge in [0, 0.05) is 0 Å². The van der Waals surface area contributed by atoms with E-state index in [2.05, 4.69) is 44.2 Å². The van der Waals surface area contributed by atoms with E-state index in [9.17, 15) is 4.79 Å². The molecule has 0 spiro atoms. The Morgan fingerprint density at radius 3 is 1.83 bits per heavy atom. The van der Waals surface area contributed by atoms with Gasteiger partial charge in [-0.1, -0.05) is 44.9 Å². The van der Waals surface area contributed by atoms with Crippen LogP contribution in [0.3, 0.4) is 0 Å². The molecule has 0 unspecified atom stereocenters. The van der Waals surface area contributed by atoms with Crippen LogP contribution in [-0.4, -0.2) is 32.0 Å². The number of hydrogen-bond acceptors (Lipinski definition) is 1. The van der Waals surface area contributed by atoms with Crippen LogP contribution in [0.5, 0.6) is 0 Å². The van der Waals surface area contributed by atoms with Crippen molar-refractivity contribution < 1.29 is 14.6 Å². The van der Waals surface area contributed by atoms with Crippen molar-refractivity contribution in [2.45, 2.75) is 45.7 Å². The predicted molar refractivity (Wildman–Crippen MR) is 90.3 cm³/mol. The van der Waals surface area contributed by atoms with Gasteiger partial charge >= 0.3 is 0 Å². The summed E-state index contributed by atoms with van der Waals surface area (Å²) in [4.78, 5) is 16.8. The molecule has 124 valence electrons. The smallest absolute Gasteiger partial charge is 0.240 e. The second kappa shape index (κ2) is 5.42. The van der Waals surface area contributed by atoms with Crippen LogP contribution < -0.4 is 9.80 Å². The Bertz CT molecular complexity index is 553. The first kappa shape index (κ1) is 15.3. The molecule has 4 bridgehead atoms. The van der Waals surface area contributed by atoms with E-state index in [0.29, 0.717) is 11.9 Å². The summed E-state index contributed by atoms with van der Waals surface area (Å²) >= 11 is 0. The Labute approximate surface area is 139 Å². The molecule has 4 saturated heterocycles. The Morgan fingerprint density at radius 2 is 1.39 bits per heavy atom. The van der Waals surface area contributed by atoms with E-state index >= 15 is 0 Å². The molecule has 0 aromatic heterocycles. The van der Waals surface area contributed by atoms with Crippen LogP contribution >= 0.6 is 0 Å². The zero-order valence-electron chi connectivity index (χ0n) is 14.5. The summed E-state index contributed by atoms with van der Waals surface area (Å²) in [6.07, 6.45) is 4.98. The summed E-state index contributed by atoms with van der Waals surface area (Å²) in [5.41, 5.74) is 1.40. The molecule has 0 radical (unpaired) electrons. The lowest BCUT2D eigenvalue weighted by molar-refractivity contribution is -1.18. The molecule has 0 saturated carbocycles. The van der Waals surface area contributed by atoms with Gasteiger partial charge in [-0.05, 0) is 25.0 Å². The van der Waals surface area contributed by atoms with Crippen molar-refractivity contribution >= 4 is 5.78 Å². The Morgan fingerprint density at radius 1 is 0.913 bits per heavy atom. The van der Waals surface area contributed by atoms with E-state index in [1.807, 2.05) is 0 Å². The number of nitrogens with one attached hydrogen (secondary N) is 2. The first-order chi connectivity index (χ1) is 11.1. The Balaban J connectivity index is 1.73. The van der Waals surface area contributed by atoms with Crippen LogP contribution in [0.15, 0.2) is 30.3 Å². The molecule has 0 amide bonds. The second-order valence-corrected chi connectivity index (χ2v) is 8.26. The number of hydrogen-bond donors (Lipinski definition) is 2. The highest BCUT2D eigenvalue weighted by atomic mass is 16.1. The van der Waals surface area contributed by atoms with Gasteiger partial charge in [0.15, 0.2) is 5.78 Å². The molecule has 0 aliphatic carbocycles. The lowest BCUT2D eigenvalue weighted by atomic mass is 9.57. The number of benzene rings is 1. The molecule has 3 heteroatoms. The SMILES string of the molecule is CCCC12C[NH+]3CC(CCC)(C[NH+](C1)C3c1ccccc1)C2=O. The number of Topliss-reactive ketones (excluding diaryl/α,β-unsaturated/α-hetero) is 1. The van der Waals surface area contributed by atoms with Crippen LogP contribution in [0, 0.1) is 10.8 Å². The quantitative estimate of drug-likeness (QED) is 0.819. The lowest BCUT2D eigenvalue weighted by Gasteiger charge is -2.60. The van der Waals surface area contributed by atoms with E-state index in [-0.39, 0.29) is 10.8 Å². The van der Waals surface area contributed by atoms with Crippen molar-refractivity contribution in [2.75, 3.05) is 26.2 Å². The fourth-order valence-corrected chi connectivity index (χ4v) is 6.22. The van der Waals surface area contributed by atoms with E-state index in [1.165, 1.54) is 5.56 Å². The zero-order chi connectivity index (χ0) is 16.1. The maximum atomic E-state index is 13.4. The third-order valence-corrected chi connectivity index (χ3v) is 6.63. The van der Waals surface area contributed by atoms with Crippen molar-refractivity contribution in [1.82, 2.24) is 0 Å². The van der Waals surface area contributed by atoms with Crippen molar-refractivity contribution in [3.05, 3.63) is 35.9 Å². The molecule has 0 atom stereocenters. The van der Waals surface area contributed by atoms with Crippen LogP contribution in [0.4, 0.5) is 0 Å². The topological polar surface area (TPSA) is 26.0 Å². The average Bonchev–Trinajstić information content (AvgIpc) is 2.53. The first-order valence-corrected chi connectivity index (χ1v) is 9.43. The fourth-order valence-electron chi connectivity index (χ4n) is 6.22. The maximum absolute atomic E-state index is 13.4.